The van der Waals surface area contributed by atoms with Crippen LogP contribution in [0.25, 0.3) is 0 Å². The van der Waals surface area contributed by atoms with Gasteiger partial charge in [-0.2, -0.15) is 11.8 Å². The van der Waals surface area contributed by atoms with Crippen LogP contribution < -0.4 is 4.72 Å². The molecule has 1 aromatic heterocycles. The zero-order chi connectivity index (χ0) is 14.5. The minimum Gasteiger partial charge on any atom is -0.244 e. The fourth-order valence-corrected chi connectivity index (χ4v) is 3.99. The highest BCUT2D eigenvalue weighted by Crippen LogP contribution is 2.30. The molecule has 1 N–H and O–H groups in total. The van der Waals surface area contributed by atoms with E-state index < -0.39 is 10.0 Å². The summed E-state index contributed by atoms with van der Waals surface area (Å²) in [5.74, 6) is 0. The second-order valence-electron chi connectivity index (χ2n) is 4.23. The Morgan fingerprint density at radius 3 is 2.53 bits per heavy atom. The van der Waals surface area contributed by atoms with Crippen molar-refractivity contribution in [3.8, 4) is 0 Å². The van der Waals surface area contributed by atoms with Crippen LogP contribution in [0.4, 0.5) is 0 Å². The Hall–Kier alpha value is -0.300. The molecule has 0 unspecified atom stereocenters. The Kier molecular flexibility index (Phi) is 6.11. The SMILES string of the molecule is CCC(CC)(CNS(=O)(=O)c1ccnc(Cl)c1)SC. The summed E-state index contributed by atoms with van der Waals surface area (Å²) < 4.78 is 26.9. The van der Waals surface area contributed by atoms with Crippen molar-refractivity contribution in [2.45, 2.75) is 36.3 Å². The van der Waals surface area contributed by atoms with Gasteiger partial charge in [0.05, 0.1) is 4.90 Å². The Bertz CT molecular complexity index is 508. The molecular formula is C12H19ClN2O2S2. The molecule has 0 saturated carbocycles. The first-order valence-corrected chi connectivity index (χ1v) is 9.14. The standard InChI is InChI=1S/C12H19ClN2O2S2/c1-4-12(5-2,18-3)9-15-19(16,17)10-6-7-14-11(13)8-10/h6-8,15H,4-5,9H2,1-3H3. The second-order valence-corrected chi connectivity index (χ2v) is 7.66. The van der Waals surface area contributed by atoms with Crippen LogP contribution in [-0.4, -0.2) is 30.9 Å². The fourth-order valence-electron chi connectivity index (χ4n) is 1.72. The number of thioether (sulfide) groups is 1. The first-order chi connectivity index (χ1) is 8.89. The lowest BCUT2D eigenvalue weighted by Gasteiger charge is -2.29. The van der Waals surface area contributed by atoms with E-state index in [-0.39, 0.29) is 14.8 Å². The van der Waals surface area contributed by atoms with Crippen molar-refractivity contribution in [2.75, 3.05) is 12.8 Å². The number of aromatic nitrogens is 1. The molecule has 0 aliphatic carbocycles. The van der Waals surface area contributed by atoms with Crippen molar-refractivity contribution < 1.29 is 8.42 Å². The van der Waals surface area contributed by atoms with E-state index in [2.05, 4.69) is 23.6 Å². The Morgan fingerprint density at radius 1 is 1.42 bits per heavy atom. The van der Waals surface area contributed by atoms with Crippen molar-refractivity contribution in [3.63, 3.8) is 0 Å². The van der Waals surface area contributed by atoms with Crippen LogP contribution >= 0.6 is 23.4 Å². The summed E-state index contributed by atoms with van der Waals surface area (Å²) in [6.07, 6.45) is 5.21. The van der Waals surface area contributed by atoms with Crippen LogP contribution in [0, 0.1) is 0 Å². The van der Waals surface area contributed by atoms with Gasteiger partial charge >= 0.3 is 0 Å². The highest BCUT2D eigenvalue weighted by Gasteiger charge is 2.27. The van der Waals surface area contributed by atoms with Crippen LogP contribution in [-0.2, 0) is 10.0 Å². The summed E-state index contributed by atoms with van der Waals surface area (Å²) in [7, 11) is -3.53. The molecule has 1 aromatic rings. The quantitative estimate of drug-likeness (QED) is 0.784. The summed E-state index contributed by atoms with van der Waals surface area (Å²) in [5.41, 5.74) is 0. The summed E-state index contributed by atoms with van der Waals surface area (Å²) in [5, 5.41) is 0.171. The van der Waals surface area contributed by atoms with Gasteiger partial charge in [-0.3, -0.25) is 0 Å². The third-order valence-corrected chi connectivity index (χ3v) is 6.51. The van der Waals surface area contributed by atoms with Crippen LogP contribution in [0.3, 0.4) is 0 Å². The zero-order valence-corrected chi connectivity index (χ0v) is 13.7. The average molecular weight is 323 g/mol. The van der Waals surface area contributed by atoms with Gasteiger partial charge in [-0.05, 0) is 31.2 Å². The second kappa shape index (κ2) is 6.92. The van der Waals surface area contributed by atoms with Gasteiger partial charge in [0, 0.05) is 17.5 Å². The lowest BCUT2D eigenvalue weighted by Crippen LogP contribution is -2.39. The molecule has 0 aliphatic heterocycles. The van der Waals surface area contributed by atoms with E-state index in [4.69, 9.17) is 11.6 Å². The van der Waals surface area contributed by atoms with E-state index in [0.717, 1.165) is 12.8 Å². The highest BCUT2D eigenvalue weighted by atomic mass is 35.5. The van der Waals surface area contributed by atoms with E-state index in [1.165, 1.54) is 18.3 Å². The van der Waals surface area contributed by atoms with E-state index in [9.17, 15) is 8.42 Å². The highest BCUT2D eigenvalue weighted by molar-refractivity contribution is 8.00. The molecule has 108 valence electrons. The minimum atomic E-state index is -3.53. The predicted octanol–water partition coefficient (Wildman–Crippen LogP) is 2.94. The molecule has 0 atom stereocenters. The summed E-state index contributed by atoms with van der Waals surface area (Å²) in [6.45, 7) is 4.54. The first-order valence-electron chi connectivity index (χ1n) is 6.05. The molecule has 0 fully saturated rings. The summed E-state index contributed by atoms with van der Waals surface area (Å²) in [4.78, 5) is 3.93. The van der Waals surface area contributed by atoms with Gasteiger partial charge in [0.15, 0.2) is 0 Å². The lowest BCUT2D eigenvalue weighted by molar-refractivity contribution is 0.522. The van der Waals surface area contributed by atoms with Gasteiger partial charge in [0.1, 0.15) is 5.15 Å². The van der Waals surface area contributed by atoms with Crippen molar-refractivity contribution in [1.29, 1.82) is 0 Å². The van der Waals surface area contributed by atoms with Gasteiger partial charge in [-0.25, -0.2) is 18.1 Å². The molecule has 0 aliphatic rings. The molecule has 4 nitrogen and oxygen atoms in total. The van der Waals surface area contributed by atoms with Crippen LogP contribution in [0.2, 0.25) is 5.15 Å². The monoisotopic (exact) mass is 322 g/mol. The molecule has 1 rings (SSSR count). The van der Waals surface area contributed by atoms with E-state index in [1.807, 2.05) is 6.26 Å². The van der Waals surface area contributed by atoms with Gasteiger partial charge in [-0.15, -0.1) is 0 Å². The minimum absolute atomic E-state index is 0.0656. The molecule has 0 bridgehead atoms. The third kappa shape index (κ3) is 4.34. The average Bonchev–Trinajstić information content (AvgIpc) is 2.41. The first kappa shape index (κ1) is 16.8. The van der Waals surface area contributed by atoms with Crippen LogP contribution in [0.15, 0.2) is 23.2 Å². The zero-order valence-electron chi connectivity index (χ0n) is 11.3. The number of nitrogens with zero attached hydrogens (tertiary/aromatic N) is 1. The molecule has 0 amide bonds. The maximum atomic E-state index is 12.2. The normalized spacial score (nSPS) is 12.6. The van der Waals surface area contributed by atoms with Crippen molar-refractivity contribution >= 4 is 33.4 Å². The predicted molar refractivity (Wildman–Crippen MR) is 81.3 cm³/mol. The third-order valence-electron chi connectivity index (χ3n) is 3.31. The maximum absolute atomic E-state index is 12.2. The maximum Gasteiger partial charge on any atom is 0.240 e. The van der Waals surface area contributed by atoms with E-state index in [1.54, 1.807) is 11.8 Å². The Morgan fingerprint density at radius 2 is 2.05 bits per heavy atom. The van der Waals surface area contributed by atoms with Crippen molar-refractivity contribution in [3.05, 3.63) is 23.5 Å². The van der Waals surface area contributed by atoms with E-state index >= 15 is 0 Å². The molecule has 0 radical (unpaired) electrons. The summed E-state index contributed by atoms with van der Waals surface area (Å²) in [6, 6.07) is 2.79. The van der Waals surface area contributed by atoms with Crippen molar-refractivity contribution in [2.24, 2.45) is 0 Å². The molecule has 7 heteroatoms. The largest absolute Gasteiger partial charge is 0.244 e. The van der Waals surface area contributed by atoms with Crippen LogP contribution in [0.5, 0.6) is 0 Å². The lowest BCUT2D eigenvalue weighted by atomic mass is 10.0. The molecule has 0 spiro atoms. The number of rotatable bonds is 7. The Labute approximate surface area is 124 Å². The van der Waals surface area contributed by atoms with Gasteiger partial charge in [0.25, 0.3) is 0 Å². The number of sulfonamides is 1. The van der Waals surface area contributed by atoms with Crippen LogP contribution in [0.1, 0.15) is 26.7 Å². The van der Waals surface area contributed by atoms with Gasteiger partial charge in [0.2, 0.25) is 10.0 Å². The molecule has 1 heterocycles. The number of pyridine rings is 1. The number of nitrogens with one attached hydrogen (secondary N) is 1. The molecule has 0 saturated heterocycles. The van der Waals surface area contributed by atoms with Crippen molar-refractivity contribution in [1.82, 2.24) is 9.71 Å². The Balaban J connectivity index is 2.87. The smallest absolute Gasteiger partial charge is 0.240 e. The number of hydrogen-bond donors (Lipinski definition) is 1. The molecular weight excluding hydrogens is 304 g/mol. The van der Waals surface area contributed by atoms with E-state index in [0.29, 0.717) is 6.54 Å². The molecule has 19 heavy (non-hydrogen) atoms. The topological polar surface area (TPSA) is 59.1 Å². The number of hydrogen-bond acceptors (Lipinski definition) is 4. The number of halogens is 1. The summed E-state index contributed by atoms with van der Waals surface area (Å²) >= 11 is 7.41. The fraction of sp³-hybridized carbons (Fsp3) is 0.583. The van der Waals surface area contributed by atoms with Gasteiger partial charge in [-0.1, -0.05) is 25.4 Å². The van der Waals surface area contributed by atoms with Gasteiger partial charge < -0.3 is 0 Å². The molecule has 0 aromatic carbocycles.